The fourth-order valence-electron chi connectivity index (χ4n) is 3.51. The third-order valence-electron chi connectivity index (χ3n) is 5.43. The van der Waals surface area contributed by atoms with Crippen LogP contribution < -0.4 is 17.0 Å². The summed E-state index contributed by atoms with van der Waals surface area (Å²) >= 11 is 5.98. The molecule has 0 saturated carbocycles. The molecule has 0 unspecified atom stereocenters. The van der Waals surface area contributed by atoms with Gasteiger partial charge in [0.15, 0.2) is 0 Å². The van der Waals surface area contributed by atoms with Gasteiger partial charge in [-0.05, 0) is 62.7 Å². The molecule has 0 saturated heterocycles. The normalized spacial score (nSPS) is 12.4. The minimum atomic E-state index is -1.34. The maximum absolute atomic E-state index is 13.4. The highest BCUT2D eigenvalue weighted by molar-refractivity contribution is 6.30. The molecule has 0 aliphatic heterocycles. The summed E-state index contributed by atoms with van der Waals surface area (Å²) in [7, 11) is 0. The van der Waals surface area contributed by atoms with Gasteiger partial charge in [0.25, 0.3) is 0 Å². The highest BCUT2D eigenvalue weighted by Gasteiger charge is 2.29. The molecule has 0 aliphatic rings. The van der Waals surface area contributed by atoms with Crippen molar-refractivity contribution in [3.63, 3.8) is 0 Å². The lowest BCUT2D eigenvalue weighted by Gasteiger charge is -2.20. The molecule has 0 aliphatic carbocycles. The third-order valence-corrected chi connectivity index (χ3v) is 5.68. The molecule has 2 heterocycles. The Hall–Kier alpha value is -3.85. The van der Waals surface area contributed by atoms with E-state index in [9.17, 15) is 19.5 Å². The number of rotatable bonds is 6. The van der Waals surface area contributed by atoms with E-state index in [1.807, 2.05) is 13.0 Å². The molecule has 0 spiro atoms. The number of carboxylic acids is 1. The Morgan fingerprint density at radius 3 is 2.50 bits per heavy atom. The van der Waals surface area contributed by atoms with E-state index < -0.39 is 22.8 Å². The first kappa shape index (κ1) is 23.3. The number of carbonyl (C=O) groups is 1. The highest BCUT2D eigenvalue weighted by Crippen LogP contribution is 2.23. The number of aromatic amines is 1. The number of hydrogen-bond acceptors (Lipinski definition) is 5. The highest BCUT2D eigenvalue weighted by atomic mass is 35.5. The van der Waals surface area contributed by atoms with Gasteiger partial charge in [0.2, 0.25) is 5.62 Å². The van der Waals surface area contributed by atoms with E-state index in [1.165, 1.54) is 18.4 Å². The van der Waals surface area contributed by atoms with E-state index in [0.29, 0.717) is 16.3 Å². The zero-order chi connectivity index (χ0) is 24.6. The minimum Gasteiger partial charge on any atom is -0.481 e. The van der Waals surface area contributed by atoms with Crippen LogP contribution in [-0.4, -0.2) is 25.2 Å². The fraction of sp³-hybridized carbons (Fsp3) is 0.250. The number of nitrogens with one attached hydrogen (secondary N) is 1. The SMILES string of the molecule is Cc1cc2cc(/N=c3\[nH]c(=O)n(CC(C)(C)C(=O)O)c(=O)n3Cc3ccc(Cl)cc3)ccc2o1. The molecule has 0 radical (unpaired) electrons. The van der Waals surface area contributed by atoms with E-state index in [1.54, 1.807) is 42.5 Å². The largest absolute Gasteiger partial charge is 0.481 e. The third kappa shape index (κ3) is 4.74. The second-order valence-corrected chi connectivity index (χ2v) is 9.15. The van der Waals surface area contributed by atoms with Crippen molar-refractivity contribution in [2.75, 3.05) is 0 Å². The van der Waals surface area contributed by atoms with Gasteiger partial charge in [-0.1, -0.05) is 23.7 Å². The van der Waals surface area contributed by atoms with Crippen molar-refractivity contribution in [1.29, 1.82) is 0 Å². The van der Waals surface area contributed by atoms with Crippen LogP contribution in [0.2, 0.25) is 5.02 Å². The van der Waals surface area contributed by atoms with Crippen LogP contribution in [0.15, 0.2) is 67.5 Å². The molecule has 10 heteroatoms. The molecular formula is C24H23ClN4O5. The Morgan fingerprint density at radius 2 is 1.82 bits per heavy atom. The number of hydrogen-bond donors (Lipinski definition) is 2. The number of fused-ring (bicyclic) bond motifs is 1. The van der Waals surface area contributed by atoms with Crippen LogP contribution in [-0.2, 0) is 17.9 Å². The summed E-state index contributed by atoms with van der Waals surface area (Å²) < 4.78 is 7.77. The smallest absolute Gasteiger partial charge is 0.335 e. The first-order chi connectivity index (χ1) is 16.0. The number of benzene rings is 2. The summed E-state index contributed by atoms with van der Waals surface area (Å²) in [4.78, 5) is 45.0. The Morgan fingerprint density at radius 1 is 1.12 bits per heavy atom. The lowest BCUT2D eigenvalue weighted by Crippen LogP contribution is -2.52. The number of nitrogens with zero attached hydrogens (tertiary/aromatic N) is 3. The van der Waals surface area contributed by atoms with Crippen molar-refractivity contribution in [3.8, 4) is 0 Å². The lowest BCUT2D eigenvalue weighted by molar-refractivity contribution is -0.147. The number of aromatic nitrogens is 3. The molecule has 2 aromatic carbocycles. The second-order valence-electron chi connectivity index (χ2n) is 8.72. The van der Waals surface area contributed by atoms with Crippen LogP contribution in [0.4, 0.5) is 5.69 Å². The minimum absolute atomic E-state index is 0.0360. The summed E-state index contributed by atoms with van der Waals surface area (Å²) in [6.07, 6.45) is 0. The number of aryl methyl sites for hydroxylation is 1. The monoisotopic (exact) mass is 482 g/mol. The molecule has 176 valence electrons. The number of carboxylic acid groups (broad SMARTS) is 1. The first-order valence-corrected chi connectivity index (χ1v) is 10.9. The molecular weight excluding hydrogens is 460 g/mol. The van der Waals surface area contributed by atoms with Gasteiger partial charge in [0.05, 0.1) is 17.6 Å². The Labute approximate surface area is 198 Å². The van der Waals surface area contributed by atoms with E-state index >= 15 is 0 Å². The van der Waals surface area contributed by atoms with Crippen molar-refractivity contribution >= 4 is 34.2 Å². The van der Waals surface area contributed by atoms with E-state index in [-0.39, 0.29) is 18.7 Å². The van der Waals surface area contributed by atoms with Gasteiger partial charge in [-0.2, -0.15) is 0 Å². The van der Waals surface area contributed by atoms with Gasteiger partial charge in [-0.25, -0.2) is 19.1 Å². The molecule has 4 rings (SSSR count). The van der Waals surface area contributed by atoms with Crippen LogP contribution in [0.5, 0.6) is 0 Å². The second kappa shape index (κ2) is 8.83. The quantitative estimate of drug-likeness (QED) is 0.436. The van der Waals surface area contributed by atoms with Gasteiger partial charge < -0.3 is 9.52 Å². The molecule has 0 bridgehead atoms. The average Bonchev–Trinajstić information content (AvgIpc) is 3.14. The van der Waals surface area contributed by atoms with Crippen molar-refractivity contribution in [2.24, 2.45) is 10.4 Å². The molecule has 2 N–H and O–H groups in total. The Kier molecular flexibility index (Phi) is 6.05. The van der Waals surface area contributed by atoms with Crippen LogP contribution in [0.1, 0.15) is 25.2 Å². The maximum atomic E-state index is 13.4. The summed E-state index contributed by atoms with van der Waals surface area (Å²) in [5.41, 5.74) is -0.758. The maximum Gasteiger partial charge on any atom is 0.335 e. The van der Waals surface area contributed by atoms with Crippen molar-refractivity contribution < 1.29 is 14.3 Å². The molecule has 9 nitrogen and oxygen atoms in total. The Balaban J connectivity index is 1.91. The van der Waals surface area contributed by atoms with Gasteiger partial charge in [-0.15, -0.1) is 0 Å². The molecule has 34 heavy (non-hydrogen) atoms. The molecule has 4 aromatic rings. The average molecular weight is 483 g/mol. The van der Waals surface area contributed by atoms with Crippen molar-refractivity contribution in [3.05, 3.63) is 91.5 Å². The van der Waals surface area contributed by atoms with E-state index in [4.69, 9.17) is 16.0 Å². The van der Waals surface area contributed by atoms with Gasteiger partial charge in [-0.3, -0.25) is 14.3 Å². The summed E-state index contributed by atoms with van der Waals surface area (Å²) in [6.45, 7) is 4.52. The molecule has 2 aromatic heterocycles. The van der Waals surface area contributed by atoms with Crippen LogP contribution >= 0.6 is 11.6 Å². The molecule has 0 amide bonds. The summed E-state index contributed by atoms with van der Waals surface area (Å²) in [5.74, 6) is -0.373. The topological polar surface area (TPSA) is 123 Å². The number of halogens is 1. The number of furan rings is 1. The zero-order valence-electron chi connectivity index (χ0n) is 18.8. The van der Waals surface area contributed by atoms with Crippen LogP contribution in [0, 0.1) is 12.3 Å². The predicted molar refractivity (Wildman–Crippen MR) is 127 cm³/mol. The van der Waals surface area contributed by atoms with Crippen LogP contribution in [0.25, 0.3) is 11.0 Å². The standard InChI is InChI=1S/C24H23ClN4O5/c1-14-10-16-11-18(8-9-19(16)34-14)26-21-27-22(32)29(13-24(2,3)20(30)31)23(33)28(21)12-15-4-6-17(25)7-5-15/h4-11H,12-13H2,1-3H3,(H,30,31)(H,26,27,32). The summed E-state index contributed by atoms with van der Waals surface area (Å²) in [5, 5.41) is 10.9. The Bertz CT molecular complexity index is 1570. The predicted octanol–water partition coefficient (Wildman–Crippen LogP) is 3.44. The van der Waals surface area contributed by atoms with E-state index in [2.05, 4.69) is 9.98 Å². The van der Waals surface area contributed by atoms with Gasteiger partial charge in [0.1, 0.15) is 11.3 Å². The lowest BCUT2D eigenvalue weighted by atomic mass is 9.94. The molecule has 0 fully saturated rings. The number of H-pyrrole nitrogens is 1. The first-order valence-electron chi connectivity index (χ1n) is 10.5. The summed E-state index contributed by atoms with van der Waals surface area (Å²) in [6, 6.07) is 14.0. The fourth-order valence-corrected chi connectivity index (χ4v) is 3.64. The number of aliphatic carboxylic acids is 1. The molecule has 0 atom stereocenters. The van der Waals surface area contributed by atoms with Crippen molar-refractivity contribution in [1.82, 2.24) is 14.1 Å². The van der Waals surface area contributed by atoms with Crippen LogP contribution in [0.3, 0.4) is 0 Å². The van der Waals surface area contributed by atoms with E-state index in [0.717, 1.165) is 21.3 Å². The van der Waals surface area contributed by atoms with Gasteiger partial charge >= 0.3 is 17.3 Å². The van der Waals surface area contributed by atoms with Crippen molar-refractivity contribution in [2.45, 2.75) is 33.9 Å². The van der Waals surface area contributed by atoms with Gasteiger partial charge in [0, 0.05) is 17.0 Å². The zero-order valence-corrected chi connectivity index (χ0v) is 19.6.